The first-order valence-corrected chi connectivity index (χ1v) is 13.5. The first-order chi connectivity index (χ1) is 18.0. The average molecular weight is 540 g/mol. The fourth-order valence-corrected chi connectivity index (χ4v) is 4.22. The van der Waals surface area contributed by atoms with Crippen LogP contribution in [0.15, 0.2) is 42.5 Å². The van der Waals surface area contributed by atoms with Crippen LogP contribution >= 0.6 is 0 Å². The smallest absolute Gasteiger partial charge is 0.408 e. The highest BCUT2D eigenvalue weighted by molar-refractivity contribution is 5.99. The lowest BCUT2D eigenvalue weighted by Crippen LogP contribution is -2.60. The van der Waals surface area contributed by atoms with E-state index in [0.29, 0.717) is 23.2 Å². The maximum Gasteiger partial charge on any atom is 0.408 e. The van der Waals surface area contributed by atoms with Crippen molar-refractivity contribution in [3.63, 3.8) is 0 Å². The summed E-state index contributed by atoms with van der Waals surface area (Å²) in [5.41, 5.74) is 1.12. The first-order valence-electron chi connectivity index (χ1n) is 13.5. The van der Waals surface area contributed by atoms with Crippen molar-refractivity contribution in [2.75, 3.05) is 5.32 Å². The minimum atomic E-state index is -1.05. The van der Waals surface area contributed by atoms with Crippen LogP contribution in [0.2, 0.25) is 0 Å². The van der Waals surface area contributed by atoms with E-state index in [1.807, 2.05) is 65.8 Å². The molecule has 8 nitrogen and oxygen atoms in total. The fraction of sp³-hybridized carbons (Fsp3) is 0.516. The van der Waals surface area contributed by atoms with Gasteiger partial charge in [-0.1, -0.05) is 45.0 Å². The number of carbonyl (C=O) groups is 3. The summed E-state index contributed by atoms with van der Waals surface area (Å²) in [5.74, 6) is -1.000. The lowest BCUT2D eigenvalue weighted by Gasteiger charge is -2.45. The molecule has 0 saturated heterocycles. The Bertz CT molecular complexity index is 1180. The second kappa shape index (κ2) is 12.5. The highest BCUT2D eigenvalue weighted by Gasteiger charge is 2.44. The van der Waals surface area contributed by atoms with Gasteiger partial charge in [0.2, 0.25) is 5.91 Å². The number of aryl methyl sites for hydroxylation is 2. The Labute approximate surface area is 233 Å². The number of anilines is 1. The molecule has 8 heteroatoms. The Morgan fingerprint density at radius 3 is 2.10 bits per heavy atom. The SMILES string of the molecule is CCC(C)(C)N(C(=O)C(NC(=O)OC(C)(C)C)C(C)C)C(C(=O)Nc1ccccc1C)c1ccc(O)c(C)c1. The van der Waals surface area contributed by atoms with Crippen LogP contribution in [0.1, 0.15) is 84.5 Å². The van der Waals surface area contributed by atoms with Gasteiger partial charge in [-0.25, -0.2) is 4.79 Å². The molecule has 0 fully saturated rings. The van der Waals surface area contributed by atoms with Crippen LogP contribution in [-0.4, -0.2) is 45.1 Å². The third-order valence-electron chi connectivity index (χ3n) is 6.81. The first kappa shape index (κ1) is 31.7. The number of phenols is 1. The van der Waals surface area contributed by atoms with Crippen LogP contribution in [0.4, 0.5) is 10.5 Å². The molecule has 0 radical (unpaired) electrons. The van der Waals surface area contributed by atoms with Crippen molar-refractivity contribution in [3.8, 4) is 5.75 Å². The topological polar surface area (TPSA) is 108 Å². The molecular weight excluding hydrogens is 494 g/mol. The molecule has 2 aromatic rings. The van der Waals surface area contributed by atoms with Gasteiger partial charge in [-0.3, -0.25) is 9.59 Å². The van der Waals surface area contributed by atoms with E-state index in [1.165, 1.54) is 6.07 Å². The van der Waals surface area contributed by atoms with Crippen LogP contribution in [0.5, 0.6) is 5.75 Å². The summed E-state index contributed by atoms with van der Waals surface area (Å²) in [6.45, 7) is 18.3. The van der Waals surface area contributed by atoms with E-state index in [0.717, 1.165) is 5.56 Å². The Balaban J connectivity index is 2.68. The van der Waals surface area contributed by atoms with Crippen molar-refractivity contribution in [1.82, 2.24) is 10.2 Å². The molecule has 0 spiro atoms. The molecule has 0 saturated carbocycles. The molecule has 214 valence electrons. The number of ether oxygens (including phenoxy) is 1. The number of para-hydroxylation sites is 1. The van der Waals surface area contributed by atoms with Crippen molar-refractivity contribution >= 4 is 23.6 Å². The van der Waals surface area contributed by atoms with Crippen LogP contribution in [0.3, 0.4) is 0 Å². The van der Waals surface area contributed by atoms with Crippen molar-refractivity contribution < 1.29 is 24.2 Å². The van der Waals surface area contributed by atoms with E-state index in [-0.39, 0.29) is 11.7 Å². The molecule has 0 heterocycles. The molecule has 2 rings (SSSR count). The van der Waals surface area contributed by atoms with Crippen LogP contribution in [-0.2, 0) is 14.3 Å². The molecule has 0 aliphatic rings. The van der Waals surface area contributed by atoms with E-state index >= 15 is 0 Å². The van der Waals surface area contributed by atoms with Gasteiger partial charge < -0.3 is 25.4 Å². The minimum Gasteiger partial charge on any atom is -0.508 e. The molecule has 3 N–H and O–H groups in total. The number of benzene rings is 2. The van der Waals surface area contributed by atoms with Gasteiger partial charge in [0.05, 0.1) is 0 Å². The zero-order valence-electron chi connectivity index (χ0n) is 25.0. The van der Waals surface area contributed by atoms with Crippen LogP contribution in [0, 0.1) is 19.8 Å². The maximum absolute atomic E-state index is 14.4. The molecule has 2 unspecified atom stereocenters. The number of nitrogens with one attached hydrogen (secondary N) is 2. The number of phenolic OH excluding ortho intramolecular Hbond substituents is 1. The van der Waals surface area contributed by atoms with Gasteiger partial charge in [0, 0.05) is 11.2 Å². The summed E-state index contributed by atoms with van der Waals surface area (Å²) < 4.78 is 5.45. The van der Waals surface area contributed by atoms with E-state index in [4.69, 9.17) is 4.74 Å². The largest absolute Gasteiger partial charge is 0.508 e. The summed E-state index contributed by atoms with van der Waals surface area (Å²) in [4.78, 5) is 42.8. The lowest BCUT2D eigenvalue weighted by atomic mass is 9.90. The summed E-state index contributed by atoms with van der Waals surface area (Å²) in [6.07, 6.45) is -0.161. The van der Waals surface area contributed by atoms with Crippen molar-refractivity contribution in [2.24, 2.45) is 5.92 Å². The zero-order chi connectivity index (χ0) is 29.7. The van der Waals surface area contributed by atoms with Crippen molar-refractivity contribution in [1.29, 1.82) is 0 Å². The Morgan fingerprint density at radius 2 is 1.59 bits per heavy atom. The summed E-state index contributed by atoms with van der Waals surface area (Å²) in [7, 11) is 0. The molecule has 39 heavy (non-hydrogen) atoms. The van der Waals surface area contributed by atoms with Gasteiger partial charge in [-0.15, -0.1) is 0 Å². The second-order valence-electron chi connectivity index (χ2n) is 12.0. The van der Waals surface area contributed by atoms with Gasteiger partial charge in [-0.2, -0.15) is 0 Å². The molecule has 0 aliphatic carbocycles. The fourth-order valence-electron chi connectivity index (χ4n) is 4.22. The van der Waals surface area contributed by atoms with Crippen LogP contribution in [0.25, 0.3) is 0 Å². The monoisotopic (exact) mass is 539 g/mol. The number of nitrogens with zero attached hydrogens (tertiary/aromatic N) is 1. The van der Waals surface area contributed by atoms with Gasteiger partial charge in [0.25, 0.3) is 5.91 Å². The predicted molar refractivity (Wildman–Crippen MR) is 155 cm³/mol. The number of hydrogen-bond donors (Lipinski definition) is 3. The quantitative estimate of drug-likeness (QED) is 0.349. The Morgan fingerprint density at radius 1 is 0.974 bits per heavy atom. The molecule has 0 aliphatic heterocycles. The zero-order valence-corrected chi connectivity index (χ0v) is 25.0. The molecule has 0 bridgehead atoms. The number of hydrogen-bond acceptors (Lipinski definition) is 5. The molecule has 0 aromatic heterocycles. The van der Waals surface area contributed by atoms with Gasteiger partial charge in [0.1, 0.15) is 23.4 Å². The number of alkyl carbamates (subject to hydrolysis) is 1. The second-order valence-corrected chi connectivity index (χ2v) is 12.0. The van der Waals surface area contributed by atoms with Gasteiger partial charge in [0.15, 0.2) is 0 Å². The molecule has 2 aromatic carbocycles. The molecular formula is C31H45N3O5. The average Bonchev–Trinajstić information content (AvgIpc) is 2.82. The van der Waals surface area contributed by atoms with E-state index in [1.54, 1.807) is 44.7 Å². The number of amides is 3. The highest BCUT2D eigenvalue weighted by atomic mass is 16.6. The van der Waals surface area contributed by atoms with Gasteiger partial charge in [-0.05, 0) is 95.7 Å². The van der Waals surface area contributed by atoms with Gasteiger partial charge >= 0.3 is 6.09 Å². The van der Waals surface area contributed by atoms with Crippen molar-refractivity contribution in [2.45, 2.75) is 98.9 Å². The third-order valence-corrected chi connectivity index (χ3v) is 6.81. The Kier molecular flexibility index (Phi) is 10.2. The predicted octanol–water partition coefficient (Wildman–Crippen LogP) is 6.26. The lowest BCUT2D eigenvalue weighted by molar-refractivity contribution is -0.148. The number of rotatable bonds is 9. The summed E-state index contributed by atoms with van der Waals surface area (Å²) >= 11 is 0. The number of aromatic hydroxyl groups is 1. The third kappa shape index (κ3) is 8.22. The van der Waals surface area contributed by atoms with Crippen molar-refractivity contribution in [3.05, 3.63) is 59.2 Å². The summed E-state index contributed by atoms with van der Waals surface area (Å²) in [5, 5.41) is 16.0. The molecule has 3 amide bonds. The van der Waals surface area contributed by atoms with E-state index < -0.39 is 41.1 Å². The van der Waals surface area contributed by atoms with E-state index in [9.17, 15) is 19.5 Å². The number of carbonyl (C=O) groups excluding carboxylic acids is 3. The van der Waals surface area contributed by atoms with E-state index in [2.05, 4.69) is 10.6 Å². The normalized spacial score (nSPS) is 13.4. The summed E-state index contributed by atoms with van der Waals surface area (Å²) in [6, 6.07) is 10.3. The highest BCUT2D eigenvalue weighted by Crippen LogP contribution is 2.35. The maximum atomic E-state index is 14.4. The standard InChI is InChI=1S/C31H45N3O5/c1-11-31(9,10)34(28(37)25(19(2)3)33-29(38)39-30(6,7)8)26(22-16-17-24(35)21(5)18-22)27(36)32-23-15-13-12-14-20(23)4/h12-19,25-26,35H,11H2,1-10H3,(H,32,36)(H,33,38). The molecule has 2 atom stereocenters. The van der Waals surface area contributed by atoms with Crippen LogP contribution < -0.4 is 10.6 Å². The minimum absolute atomic E-state index is 0.0936. The Hall–Kier alpha value is -3.55.